The minimum Gasteiger partial charge on any atom is -0.477 e. The van der Waals surface area contributed by atoms with Gasteiger partial charge in [-0.3, -0.25) is 9.59 Å². The number of rotatable bonds is 54. The third-order valence-corrected chi connectivity index (χ3v) is 12.2. The van der Waals surface area contributed by atoms with Crippen LogP contribution in [0.4, 0.5) is 0 Å². The zero-order valence-electron chi connectivity index (χ0n) is 51.4. The highest BCUT2D eigenvalue weighted by Crippen LogP contribution is 2.14. The summed E-state index contributed by atoms with van der Waals surface area (Å²) in [5, 5.41) is 9.71. The van der Waals surface area contributed by atoms with Crippen molar-refractivity contribution in [3.63, 3.8) is 0 Å². The SMILES string of the molecule is CC/C=C\C/C=C\C/C=C\C/C=C\C/C=C\C/C=C\C/C=C\C/C=C\C/C=C\CCCCCCCCCCCC(=O)OC(COC(=O)CC/C=C\C/C=C\C/C=C\C/C=C\C/C=C\C/C=C\CC)COC(OCC[N+](C)(C)C)C(=O)O. The van der Waals surface area contributed by atoms with E-state index in [1.807, 2.05) is 33.3 Å². The van der Waals surface area contributed by atoms with E-state index in [1.165, 1.54) is 32.1 Å². The predicted octanol–water partition coefficient (Wildman–Crippen LogP) is 18.9. The summed E-state index contributed by atoms with van der Waals surface area (Å²) >= 11 is 0. The number of ether oxygens (including phenoxy) is 4. The fraction of sp³-hybridized carbons (Fsp3) is 0.542. The van der Waals surface area contributed by atoms with Crippen molar-refractivity contribution >= 4 is 17.9 Å². The Morgan fingerprint density at radius 3 is 1.04 bits per heavy atom. The molecule has 0 saturated heterocycles. The number of carboxylic acids is 1. The van der Waals surface area contributed by atoms with Gasteiger partial charge in [0.05, 0.1) is 34.4 Å². The van der Waals surface area contributed by atoms with E-state index < -0.39 is 30.3 Å². The fourth-order valence-corrected chi connectivity index (χ4v) is 7.50. The second-order valence-electron chi connectivity index (χ2n) is 20.9. The number of hydrogen-bond donors (Lipinski definition) is 1. The lowest BCUT2D eigenvalue weighted by molar-refractivity contribution is -0.870. The monoisotopic (exact) mass is 1120 g/mol. The van der Waals surface area contributed by atoms with Gasteiger partial charge < -0.3 is 28.5 Å². The van der Waals surface area contributed by atoms with Crippen LogP contribution in [0.5, 0.6) is 0 Å². The van der Waals surface area contributed by atoms with Gasteiger partial charge in [0.2, 0.25) is 0 Å². The highest BCUT2D eigenvalue weighted by atomic mass is 16.7. The lowest BCUT2D eigenvalue weighted by Crippen LogP contribution is -2.40. The van der Waals surface area contributed by atoms with Gasteiger partial charge in [-0.25, -0.2) is 4.79 Å². The fourth-order valence-electron chi connectivity index (χ4n) is 7.50. The molecule has 0 rings (SSSR count). The molecule has 0 aliphatic heterocycles. The first kappa shape index (κ1) is 75.4. The zero-order chi connectivity index (χ0) is 59.1. The van der Waals surface area contributed by atoms with Crippen molar-refractivity contribution in [2.45, 2.75) is 206 Å². The summed E-state index contributed by atoms with van der Waals surface area (Å²) < 4.78 is 22.8. The van der Waals surface area contributed by atoms with Gasteiger partial charge in [0.15, 0.2) is 6.10 Å². The molecular formula is C72H112NO8+. The Hall–Kier alpha value is -5.61. The van der Waals surface area contributed by atoms with E-state index in [0.29, 0.717) is 23.9 Å². The molecule has 0 radical (unpaired) electrons. The molecule has 0 spiro atoms. The average molecular weight is 1120 g/mol. The Labute approximate surface area is 494 Å². The zero-order valence-corrected chi connectivity index (χ0v) is 51.4. The van der Waals surface area contributed by atoms with E-state index in [9.17, 15) is 19.5 Å². The minimum absolute atomic E-state index is 0.165. The van der Waals surface area contributed by atoms with Crippen LogP contribution in [-0.4, -0.2) is 87.4 Å². The first-order valence-corrected chi connectivity index (χ1v) is 30.9. The third-order valence-electron chi connectivity index (χ3n) is 12.2. The molecule has 0 saturated carbocycles. The molecule has 0 aliphatic rings. The van der Waals surface area contributed by atoms with E-state index >= 15 is 0 Å². The minimum atomic E-state index is -1.54. The van der Waals surface area contributed by atoms with Crippen molar-refractivity contribution in [3.05, 3.63) is 182 Å². The maximum Gasteiger partial charge on any atom is 0.361 e. The molecule has 81 heavy (non-hydrogen) atoms. The van der Waals surface area contributed by atoms with Gasteiger partial charge in [-0.1, -0.05) is 241 Å². The van der Waals surface area contributed by atoms with Crippen LogP contribution >= 0.6 is 0 Å². The van der Waals surface area contributed by atoms with Gasteiger partial charge >= 0.3 is 17.9 Å². The van der Waals surface area contributed by atoms with Crippen molar-refractivity contribution in [3.8, 4) is 0 Å². The number of likely N-dealkylation sites (N-methyl/N-ethyl adjacent to an activating group) is 1. The Morgan fingerprint density at radius 1 is 0.370 bits per heavy atom. The molecule has 0 fully saturated rings. The van der Waals surface area contributed by atoms with E-state index in [0.717, 1.165) is 122 Å². The first-order valence-electron chi connectivity index (χ1n) is 30.9. The summed E-state index contributed by atoms with van der Waals surface area (Å²) in [6, 6.07) is 0. The summed E-state index contributed by atoms with van der Waals surface area (Å²) in [5.74, 6) is -2.15. The van der Waals surface area contributed by atoms with Gasteiger partial charge in [0.1, 0.15) is 13.2 Å². The van der Waals surface area contributed by atoms with Crippen LogP contribution in [0.3, 0.4) is 0 Å². The van der Waals surface area contributed by atoms with Gasteiger partial charge in [0, 0.05) is 12.8 Å². The lowest BCUT2D eigenvalue weighted by Gasteiger charge is -2.25. The Morgan fingerprint density at radius 2 is 0.691 bits per heavy atom. The molecular weight excluding hydrogens is 1010 g/mol. The van der Waals surface area contributed by atoms with Gasteiger partial charge in [0.25, 0.3) is 6.29 Å². The van der Waals surface area contributed by atoms with Crippen LogP contribution in [0.15, 0.2) is 182 Å². The molecule has 0 heterocycles. The maximum absolute atomic E-state index is 12.9. The van der Waals surface area contributed by atoms with Crippen LogP contribution in [0.2, 0.25) is 0 Å². The second-order valence-corrected chi connectivity index (χ2v) is 20.9. The smallest absolute Gasteiger partial charge is 0.361 e. The average Bonchev–Trinajstić information content (AvgIpc) is 3.44. The molecule has 0 amide bonds. The van der Waals surface area contributed by atoms with Crippen LogP contribution in [0.25, 0.3) is 0 Å². The maximum atomic E-state index is 12.9. The standard InChI is InChI=1S/C72H111NO8/c1-6-8-10-12-14-16-18-20-22-24-26-27-28-29-30-31-32-33-34-35-36-37-38-39-40-41-42-43-45-47-49-51-53-55-57-59-61-63-70(75)81-68(67-80-72(71(76)77)78-65-64-73(3,4)5)66-79-69(74)62-60-58-56-54-52-50-48-46-44-25-23-21-19-17-15-13-11-9-7-2/h8-11,14-17,20-23,26-27,29-30,32-33,35-36,38-39,41-42,44,46,50,52,56,58,68,72H,6-7,12-13,18-19,24-25,28,31,34,37,40,43,45,47-49,51,53-55,57,59-67H2,1-5H3/p+1/b10-8-,11-9-,16-14-,17-15-,22-20-,23-21-,27-26-,30-29-,33-32-,36-35-,39-38-,42-41-,46-44-,52-50-,58-56-. The Bertz CT molecular complexity index is 1980. The van der Waals surface area contributed by atoms with Crippen molar-refractivity contribution in [2.24, 2.45) is 0 Å². The number of quaternary nitrogens is 1. The molecule has 0 aromatic carbocycles. The molecule has 9 nitrogen and oxygen atoms in total. The summed E-state index contributed by atoms with van der Waals surface area (Å²) in [5.41, 5.74) is 0. The predicted molar refractivity (Wildman–Crippen MR) is 345 cm³/mol. The number of nitrogens with zero attached hydrogens (tertiary/aromatic N) is 1. The summed E-state index contributed by atoms with van der Waals surface area (Å²) in [7, 11) is 5.93. The quantitative estimate of drug-likeness (QED) is 0.0211. The Balaban J connectivity index is 4.30. The molecule has 0 bridgehead atoms. The summed E-state index contributed by atoms with van der Waals surface area (Å²) in [4.78, 5) is 37.4. The van der Waals surface area contributed by atoms with E-state index in [-0.39, 0.29) is 32.7 Å². The summed E-state index contributed by atoms with van der Waals surface area (Å²) in [6.07, 6.45) is 90.0. The van der Waals surface area contributed by atoms with Gasteiger partial charge in [-0.2, -0.15) is 0 Å². The number of carbonyl (C=O) groups excluding carboxylic acids is 2. The normalized spacial score (nSPS) is 14.0. The number of allylic oxidation sites excluding steroid dienone is 30. The summed E-state index contributed by atoms with van der Waals surface area (Å²) in [6.45, 7) is 4.52. The number of carbonyl (C=O) groups is 3. The van der Waals surface area contributed by atoms with Crippen LogP contribution in [0.1, 0.15) is 194 Å². The second kappa shape index (κ2) is 60.5. The van der Waals surface area contributed by atoms with Crippen molar-refractivity contribution in [1.82, 2.24) is 0 Å². The van der Waals surface area contributed by atoms with E-state index in [4.69, 9.17) is 18.9 Å². The molecule has 0 aromatic heterocycles. The molecule has 2 unspecified atom stereocenters. The Kier molecular flexibility index (Phi) is 56.3. The number of esters is 2. The van der Waals surface area contributed by atoms with Crippen molar-refractivity contribution in [1.29, 1.82) is 0 Å². The number of hydrogen-bond acceptors (Lipinski definition) is 7. The number of aliphatic carboxylic acids is 1. The van der Waals surface area contributed by atoms with Crippen molar-refractivity contribution in [2.75, 3.05) is 47.5 Å². The molecule has 452 valence electrons. The first-order chi connectivity index (χ1) is 39.6. The third kappa shape index (κ3) is 61.9. The molecule has 0 aliphatic carbocycles. The van der Waals surface area contributed by atoms with Crippen molar-refractivity contribution < 1.29 is 42.9 Å². The highest BCUT2D eigenvalue weighted by molar-refractivity contribution is 5.71. The van der Waals surface area contributed by atoms with E-state index in [1.54, 1.807) is 0 Å². The van der Waals surface area contributed by atoms with E-state index in [2.05, 4.69) is 184 Å². The molecule has 1 N–H and O–H groups in total. The largest absolute Gasteiger partial charge is 0.477 e. The lowest BCUT2D eigenvalue weighted by atomic mass is 10.1. The molecule has 9 heteroatoms. The highest BCUT2D eigenvalue weighted by Gasteiger charge is 2.25. The number of carboxylic acid groups (broad SMARTS) is 1. The van der Waals surface area contributed by atoms with Crippen LogP contribution < -0.4 is 0 Å². The molecule has 2 atom stereocenters. The van der Waals surface area contributed by atoms with Crippen LogP contribution in [0, 0.1) is 0 Å². The topological polar surface area (TPSA) is 108 Å². The van der Waals surface area contributed by atoms with Gasteiger partial charge in [-0.15, -0.1) is 0 Å². The van der Waals surface area contributed by atoms with Crippen LogP contribution in [-0.2, 0) is 33.3 Å². The number of unbranched alkanes of at least 4 members (excludes halogenated alkanes) is 9. The molecule has 0 aromatic rings. The van der Waals surface area contributed by atoms with Gasteiger partial charge in [-0.05, 0) is 122 Å².